The first-order chi connectivity index (χ1) is 8.66. The van der Waals surface area contributed by atoms with Gasteiger partial charge in [-0.1, -0.05) is 11.2 Å². The Labute approximate surface area is 103 Å². The largest absolute Gasteiger partial charge is 0.480 e. The fourth-order valence-corrected chi connectivity index (χ4v) is 1.25. The number of carboxylic acid groups (broad SMARTS) is 1. The molecule has 2 heterocycles. The van der Waals surface area contributed by atoms with Gasteiger partial charge in [-0.2, -0.15) is 4.98 Å². The number of aromatic nitrogens is 3. The van der Waals surface area contributed by atoms with Gasteiger partial charge in [0.1, 0.15) is 11.7 Å². The first-order valence-electron chi connectivity index (χ1n) is 5.37. The molecule has 0 aromatic carbocycles. The van der Waals surface area contributed by atoms with Crippen molar-refractivity contribution in [1.82, 2.24) is 20.4 Å². The third-order valence-electron chi connectivity index (χ3n) is 2.29. The van der Waals surface area contributed by atoms with Crippen LogP contribution in [0.5, 0.6) is 0 Å². The van der Waals surface area contributed by atoms with Crippen LogP contribution in [0.15, 0.2) is 28.9 Å². The molecule has 0 aliphatic heterocycles. The minimum Gasteiger partial charge on any atom is -0.480 e. The molecule has 7 heteroatoms. The summed E-state index contributed by atoms with van der Waals surface area (Å²) in [6.45, 7) is 1.74. The molecule has 1 atom stereocenters. The van der Waals surface area contributed by atoms with E-state index in [2.05, 4.69) is 20.4 Å². The minimum absolute atomic E-state index is 0.202. The number of carboxylic acids is 1. The molecular formula is C11H12N4O3. The molecule has 2 aromatic heterocycles. The Kier molecular flexibility index (Phi) is 3.63. The van der Waals surface area contributed by atoms with Crippen molar-refractivity contribution in [2.75, 3.05) is 0 Å². The van der Waals surface area contributed by atoms with Gasteiger partial charge in [-0.05, 0) is 19.1 Å². The van der Waals surface area contributed by atoms with Gasteiger partial charge in [-0.15, -0.1) is 0 Å². The Morgan fingerprint density at radius 3 is 3.06 bits per heavy atom. The van der Waals surface area contributed by atoms with Crippen LogP contribution in [-0.2, 0) is 11.3 Å². The van der Waals surface area contributed by atoms with Crippen LogP contribution >= 0.6 is 0 Å². The highest BCUT2D eigenvalue weighted by molar-refractivity contribution is 5.72. The summed E-state index contributed by atoms with van der Waals surface area (Å²) in [6, 6.07) is 4.71. The Balaban J connectivity index is 2.01. The molecule has 2 N–H and O–H groups in total. The highest BCUT2D eigenvalue weighted by Crippen LogP contribution is 2.11. The van der Waals surface area contributed by atoms with Gasteiger partial charge >= 0.3 is 5.97 Å². The third-order valence-corrected chi connectivity index (χ3v) is 2.29. The average molecular weight is 248 g/mol. The van der Waals surface area contributed by atoms with Crippen molar-refractivity contribution in [3.05, 3.63) is 30.3 Å². The predicted octanol–water partition coefficient (Wildman–Crippen LogP) is 0.694. The summed E-state index contributed by atoms with van der Waals surface area (Å²) < 4.78 is 4.99. The zero-order valence-electron chi connectivity index (χ0n) is 9.70. The number of hydrogen-bond acceptors (Lipinski definition) is 6. The van der Waals surface area contributed by atoms with Crippen molar-refractivity contribution >= 4 is 5.97 Å². The molecule has 7 nitrogen and oxygen atoms in total. The highest BCUT2D eigenvalue weighted by atomic mass is 16.5. The van der Waals surface area contributed by atoms with E-state index in [-0.39, 0.29) is 6.54 Å². The molecule has 18 heavy (non-hydrogen) atoms. The number of pyridine rings is 1. The van der Waals surface area contributed by atoms with Gasteiger partial charge < -0.3 is 9.63 Å². The molecule has 2 rings (SSSR count). The summed E-state index contributed by atoms with van der Waals surface area (Å²) in [5, 5.41) is 15.2. The number of nitrogens with zero attached hydrogens (tertiary/aromatic N) is 3. The van der Waals surface area contributed by atoms with Gasteiger partial charge in [0.15, 0.2) is 0 Å². The zero-order valence-corrected chi connectivity index (χ0v) is 9.70. The molecule has 0 saturated carbocycles. The standard InChI is InChI=1S/C11H12N4O3/c1-7(11(16)17)13-6-9-14-10(15-18-9)8-4-2-3-5-12-8/h2-5,7,13H,6H2,1H3,(H,16,17)/t7-/m1/s1. The van der Waals surface area contributed by atoms with E-state index >= 15 is 0 Å². The smallest absolute Gasteiger partial charge is 0.320 e. The topological polar surface area (TPSA) is 101 Å². The zero-order chi connectivity index (χ0) is 13.0. The lowest BCUT2D eigenvalue weighted by Gasteiger charge is -2.04. The maximum Gasteiger partial charge on any atom is 0.320 e. The number of nitrogens with one attached hydrogen (secondary N) is 1. The fourth-order valence-electron chi connectivity index (χ4n) is 1.25. The Morgan fingerprint density at radius 2 is 2.39 bits per heavy atom. The quantitative estimate of drug-likeness (QED) is 0.802. The van der Waals surface area contributed by atoms with E-state index < -0.39 is 12.0 Å². The number of aliphatic carboxylic acids is 1. The summed E-state index contributed by atoms with van der Waals surface area (Å²) in [7, 11) is 0. The third kappa shape index (κ3) is 2.89. The van der Waals surface area contributed by atoms with Crippen LogP contribution in [0.1, 0.15) is 12.8 Å². The molecule has 0 aliphatic carbocycles. The number of rotatable bonds is 5. The van der Waals surface area contributed by atoms with E-state index in [1.165, 1.54) is 0 Å². The minimum atomic E-state index is -0.931. The van der Waals surface area contributed by atoms with E-state index in [0.717, 1.165) is 0 Å². The Morgan fingerprint density at radius 1 is 1.56 bits per heavy atom. The predicted molar refractivity (Wildman–Crippen MR) is 61.5 cm³/mol. The van der Waals surface area contributed by atoms with E-state index in [1.54, 1.807) is 25.3 Å². The lowest BCUT2D eigenvalue weighted by Crippen LogP contribution is -2.33. The van der Waals surface area contributed by atoms with Crippen molar-refractivity contribution in [3.63, 3.8) is 0 Å². The molecule has 0 amide bonds. The summed E-state index contributed by atoms with van der Waals surface area (Å²) in [5.74, 6) is -0.224. The molecule has 2 aromatic rings. The second-order valence-electron chi connectivity index (χ2n) is 3.67. The molecule has 0 unspecified atom stereocenters. The molecule has 94 valence electrons. The van der Waals surface area contributed by atoms with Gasteiger partial charge in [0, 0.05) is 6.20 Å². The summed E-state index contributed by atoms with van der Waals surface area (Å²) in [6.07, 6.45) is 1.64. The molecule has 0 aliphatic rings. The van der Waals surface area contributed by atoms with Crippen molar-refractivity contribution in [3.8, 4) is 11.5 Å². The van der Waals surface area contributed by atoms with Crippen molar-refractivity contribution < 1.29 is 14.4 Å². The van der Waals surface area contributed by atoms with Crippen LogP contribution in [0.4, 0.5) is 0 Å². The monoisotopic (exact) mass is 248 g/mol. The van der Waals surface area contributed by atoms with Gasteiger partial charge in [0.05, 0.1) is 6.54 Å². The van der Waals surface area contributed by atoms with E-state index in [9.17, 15) is 4.79 Å². The van der Waals surface area contributed by atoms with Crippen molar-refractivity contribution in [2.45, 2.75) is 19.5 Å². The molecule has 0 bridgehead atoms. The maximum absolute atomic E-state index is 10.6. The van der Waals surface area contributed by atoms with Gasteiger partial charge in [-0.3, -0.25) is 15.1 Å². The molecule has 0 fully saturated rings. The van der Waals surface area contributed by atoms with Gasteiger partial charge in [0.25, 0.3) is 0 Å². The average Bonchev–Trinajstić information content (AvgIpc) is 2.85. The van der Waals surface area contributed by atoms with Gasteiger partial charge in [0.2, 0.25) is 11.7 Å². The number of hydrogen-bond donors (Lipinski definition) is 2. The SMILES string of the molecule is C[C@@H](NCc1nc(-c2ccccn2)no1)C(=O)O. The normalized spacial score (nSPS) is 12.3. The molecule has 0 radical (unpaired) electrons. The van der Waals surface area contributed by atoms with E-state index in [4.69, 9.17) is 9.63 Å². The van der Waals surface area contributed by atoms with Crippen molar-refractivity contribution in [1.29, 1.82) is 0 Å². The first-order valence-corrected chi connectivity index (χ1v) is 5.37. The van der Waals surface area contributed by atoms with Crippen LogP contribution < -0.4 is 5.32 Å². The van der Waals surface area contributed by atoms with Crippen LogP contribution in [0.3, 0.4) is 0 Å². The number of carbonyl (C=O) groups is 1. The summed E-state index contributed by atoms with van der Waals surface area (Å²) in [5.41, 5.74) is 0.610. The second-order valence-corrected chi connectivity index (χ2v) is 3.67. The lowest BCUT2D eigenvalue weighted by molar-refractivity contribution is -0.139. The van der Waals surface area contributed by atoms with E-state index in [0.29, 0.717) is 17.4 Å². The highest BCUT2D eigenvalue weighted by Gasteiger charge is 2.13. The van der Waals surface area contributed by atoms with Crippen LogP contribution in [0.25, 0.3) is 11.5 Å². The first kappa shape index (κ1) is 12.2. The van der Waals surface area contributed by atoms with Crippen LogP contribution in [0, 0.1) is 0 Å². The Bertz CT molecular complexity index is 526. The molecule has 0 saturated heterocycles. The van der Waals surface area contributed by atoms with Crippen LogP contribution in [0.2, 0.25) is 0 Å². The van der Waals surface area contributed by atoms with E-state index in [1.807, 2.05) is 6.07 Å². The van der Waals surface area contributed by atoms with Gasteiger partial charge in [-0.25, -0.2) is 0 Å². The molecule has 0 spiro atoms. The van der Waals surface area contributed by atoms with Crippen LogP contribution in [-0.4, -0.2) is 32.2 Å². The molecular weight excluding hydrogens is 236 g/mol. The lowest BCUT2D eigenvalue weighted by atomic mass is 10.3. The summed E-state index contributed by atoms with van der Waals surface area (Å²) >= 11 is 0. The second kappa shape index (κ2) is 5.37. The fraction of sp³-hybridized carbons (Fsp3) is 0.273. The maximum atomic E-state index is 10.6. The summed E-state index contributed by atoms with van der Waals surface area (Å²) in [4.78, 5) is 18.8. The van der Waals surface area contributed by atoms with Crippen molar-refractivity contribution in [2.24, 2.45) is 0 Å². The Hall–Kier alpha value is -2.28.